The monoisotopic (exact) mass is 531 g/mol. The van der Waals surface area contributed by atoms with Gasteiger partial charge < -0.3 is 25.0 Å². The second-order valence-corrected chi connectivity index (χ2v) is 11.6. The van der Waals surface area contributed by atoms with Gasteiger partial charge in [-0.3, -0.25) is 5.10 Å². The SMILES string of the molecule is Cc1cc(Nc2cc(N3CCOCC3)nc(SCc3ccc(S(=O)(=O)C4CNCCO4)cc3)n2)n[nH]1. The highest BCUT2D eigenvalue weighted by Crippen LogP contribution is 2.27. The summed E-state index contributed by atoms with van der Waals surface area (Å²) in [7, 11) is -3.55. The second kappa shape index (κ2) is 11.1. The number of rotatable bonds is 8. The molecule has 2 aliphatic rings. The molecule has 5 rings (SSSR count). The van der Waals surface area contributed by atoms with Crippen LogP contribution in [0.15, 0.2) is 46.5 Å². The molecule has 2 saturated heterocycles. The fourth-order valence-electron chi connectivity index (χ4n) is 3.92. The molecule has 1 atom stereocenters. The molecule has 36 heavy (non-hydrogen) atoms. The molecular formula is C23H29N7O4S2. The zero-order valence-corrected chi connectivity index (χ0v) is 21.6. The van der Waals surface area contributed by atoms with Crippen molar-refractivity contribution in [3.8, 4) is 0 Å². The van der Waals surface area contributed by atoms with E-state index < -0.39 is 15.3 Å². The zero-order chi connectivity index (χ0) is 25.0. The number of anilines is 3. The molecule has 4 heterocycles. The van der Waals surface area contributed by atoms with Gasteiger partial charge in [-0.15, -0.1) is 0 Å². The van der Waals surface area contributed by atoms with Crippen LogP contribution in [0.1, 0.15) is 11.3 Å². The number of sulfone groups is 1. The van der Waals surface area contributed by atoms with Crippen LogP contribution in [0.25, 0.3) is 0 Å². The Labute approximate surface area is 214 Å². The van der Waals surface area contributed by atoms with Crippen molar-refractivity contribution >= 4 is 39.1 Å². The van der Waals surface area contributed by atoms with Crippen LogP contribution in [-0.4, -0.2) is 80.0 Å². The summed E-state index contributed by atoms with van der Waals surface area (Å²) in [6, 6.07) is 10.8. The van der Waals surface area contributed by atoms with Gasteiger partial charge in [0, 0.05) is 49.8 Å². The smallest absolute Gasteiger partial charge is 0.206 e. The molecule has 13 heteroatoms. The van der Waals surface area contributed by atoms with Crippen molar-refractivity contribution in [2.75, 3.05) is 56.2 Å². The number of H-pyrrole nitrogens is 1. The van der Waals surface area contributed by atoms with E-state index in [9.17, 15) is 8.42 Å². The van der Waals surface area contributed by atoms with E-state index in [1.807, 2.05) is 31.2 Å². The first-order valence-electron chi connectivity index (χ1n) is 11.8. The maximum absolute atomic E-state index is 12.8. The molecule has 0 bridgehead atoms. The number of nitrogens with zero attached hydrogens (tertiary/aromatic N) is 4. The Kier molecular flexibility index (Phi) is 7.72. The first-order chi connectivity index (χ1) is 17.5. The summed E-state index contributed by atoms with van der Waals surface area (Å²) in [5.41, 5.74) is 1.07. The van der Waals surface area contributed by atoms with Crippen LogP contribution in [0.5, 0.6) is 0 Å². The summed E-state index contributed by atoms with van der Waals surface area (Å²) in [6.45, 7) is 6.12. The van der Waals surface area contributed by atoms with Gasteiger partial charge in [0.15, 0.2) is 16.4 Å². The molecule has 1 aromatic carbocycles. The lowest BCUT2D eigenvalue weighted by Crippen LogP contribution is -2.42. The minimum Gasteiger partial charge on any atom is -0.378 e. The number of aromatic amines is 1. The summed E-state index contributed by atoms with van der Waals surface area (Å²) >= 11 is 1.49. The lowest BCUT2D eigenvalue weighted by molar-refractivity contribution is 0.0785. The number of aromatic nitrogens is 4. The summed E-state index contributed by atoms with van der Waals surface area (Å²) in [6.07, 6.45) is 0. The van der Waals surface area contributed by atoms with Gasteiger partial charge in [0.05, 0.1) is 24.7 Å². The third-order valence-electron chi connectivity index (χ3n) is 5.85. The Bertz CT molecular complexity index is 1270. The third kappa shape index (κ3) is 5.98. The van der Waals surface area contributed by atoms with Crippen LogP contribution >= 0.6 is 11.8 Å². The minimum absolute atomic E-state index is 0.260. The molecule has 0 saturated carbocycles. The van der Waals surface area contributed by atoms with Crippen LogP contribution in [0.2, 0.25) is 0 Å². The van der Waals surface area contributed by atoms with Crippen LogP contribution in [0.3, 0.4) is 0 Å². The third-order valence-corrected chi connectivity index (χ3v) is 8.69. The number of hydrogen-bond acceptors (Lipinski definition) is 11. The van der Waals surface area contributed by atoms with Crippen molar-refractivity contribution in [3.63, 3.8) is 0 Å². The Morgan fingerprint density at radius 3 is 2.61 bits per heavy atom. The number of morpholine rings is 2. The quantitative estimate of drug-likeness (QED) is 0.291. The molecule has 3 N–H and O–H groups in total. The van der Waals surface area contributed by atoms with Crippen LogP contribution in [-0.2, 0) is 25.1 Å². The number of aryl methyl sites for hydroxylation is 1. The lowest BCUT2D eigenvalue weighted by Gasteiger charge is -2.28. The van der Waals surface area contributed by atoms with E-state index in [0.717, 1.165) is 30.2 Å². The number of nitrogens with one attached hydrogen (secondary N) is 3. The minimum atomic E-state index is -3.55. The standard InChI is InChI=1S/C23H29N7O4S2/c1-16-12-20(29-28-16)25-19-13-21(30-7-10-33-11-8-30)27-23(26-19)35-15-17-2-4-18(5-3-17)36(31,32)22-14-24-6-9-34-22/h2-5,12-13,22,24H,6-11,14-15H2,1H3,(H2,25,26,27,28,29). The Morgan fingerprint density at radius 1 is 1.11 bits per heavy atom. The van der Waals surface area contributed by atoms with E-state index in [4.69, 9.17) is 14.5 Å². The van der Waals surface area contributed by atoms with Gasteiger partial charge in [-0.2, -0.15) is 5.10 Å². The normalized spacial score (nSPS) is 18.8. The second-order valence-electron chi connectivity index (χ2n) is 8.54. The van der Waals surface area contributed by atoms with Crippen molar-refractivity contribution in [1.82, 2.24) is 25.5 Å². The van der Waals surface area contributed by atoms with Gasteiger partial charge in [-0.25, -0.2) is 18.4 Å². The highest BCUT2D eigenvalue weighted by Gasteiger charge is 2.29. The lowest BCUT2D eigenvalue weighted by atomic mass is 10.2. The van der Waals surface area contributed by atoms with Crippen LogP contribution < -0.4 is 15.5 Å². The first-order valence-corrected chi connectivity index (χ1v) is 14.3. The number of thioether (sulfide) groups is 1. The Morgan fingerprint density at radius 2 is 1.92 bits per heavy atom. The average Bonchev–Trinajstić information content (AvgIpc) is 3.33. The molecule has 0 spiro atoms. The summed E-state index contributed by atoms with van der Waals surface area (Å²) in [5, 5.41) is 14.1. The molecule has 3 aromatic rings. The van der Waals surface area contributed by atoms with Crippen molar-refractivity contribution in [2.24, 2.45) is 0 Å². The van der Waals surface area contributed by atoms with Gasteiger partial charge in [0.1, 0.15) is 11.6 Å². The molecular weight excluding hydrogens is 502 g/mol. The molecule has 0 amide bonds. The van der Waals surface area contributed by atoms with Gasteiger partial charge in [0.2, 0.25) is 9.84 Å². The summed E-state index contributed by atoms with van der Waals surface area (Å²) in [5.74, 6) is 2.76. The largest absolute Gasteiger partial charge is 0.378 e. The van der Waals surface area contributed by atoms with Crippen molar-refractivity contribution in [3.05, 3.63) is 47.7 Å². The zero-order valence-electron chi connectivity index (χ0n) is 19.9. The van der Waals surface area contributed by atoms with Crippen molar-refractivity contribution < 1.29 is 17.9 Å². The van der Waals surface area contributed by atoms with E-state index in [0.29, 0.717) is 55.5 Å². The fraction of sp³-hybridized carbons (Fsp3) is 0.435. The Balaban J connectivity index is 1.30. The van der Waals surface area contributed by atoms with Crippen LogP contribution in [0, 0.1) is 6.92 Å². The molecule has 0 aliphatic carbocycles. The number of hydrogen-bond donors (Lipinski definition) is 3. The molecule has 11 nitrogen and oxygen atoms in total. The maximum Gasteiger partial charge on any atom is 0.206 e. The number of ether oxygens (including phenoxy) is 2. The summed E-state index contributed by atoms with van der Waals surface area (Å²) in [4.78, 5) is 11.9. The molecule has 192 valence electrons. The molecule has 0 radical (unpaired) electrons. The van der Waals surface area contributed by atoms with Gasteiger partial charge in [-0.1, -0.05) is 23.9 Å². The summed E-state index contributed by atoms with van der Waals surface area (Å²) < 4.78 is 36.6. The Hall–Kier alpha value is -2.71. The van der Waals surface area contributed by atoms with Gasteiger partial charge in [-0.05, 0) is 24.6 Å². The van der Waals surface area contributed by atoms with Crippen molar-refractivity contribution in [1.29, 1.82) is 0 Å². The molecule has 2 fully saturated rings. The topological polar surface area (TPSA) is 134 Å². The van der Waals surface area contributed by atoms with E-state index in [1.165, 1.54) is 11.8 Å². The van der Waals surface area contributed by atoms with Crippen LogP contribution in [0.4, 0.5) is 17.5 Å². The average molecular weight is 532 g/mol. The fourth-order valence-corrected chi connectivity index (χ4v) is 6.17. The predicted octanol–water partition coefficient (Wildman–Crippen LogP) is 2.10. The first kappa shape index (κ1) is 25.0. The molecule has 2 aromatic heterocycles. The predicted molar refractivity (Wildman–Crippen MR) is 137 cm³/mol. The number of benzene rings is 1. The van der Waals surface area contributed by atoms with Gasteiger partial charge in [0.25, 0.3) is 0 Å². The van der Waals surface area contributed by atoms with E-state index >= 15 is 0 Å². The van der Waals surface area contributed by atoms with E-state index in [-0.39, 0.29) is 4.90 Å². The molecule has 2 aliphatic heterocycles. The van der Waals surface area contributed by atoms with E-state index in [2.05, 4.69) is 30.7 Å². The molecule has 1 unspecified atom stereocenters. The van der Waals surface area contributed by atoms with E-state index in [1.54, 1.807) is 12.1 Å². The highest BCUT2D eigenvalue weighted by molar-refractivity contribution is 7.98. The van der Waals surface area contributed by atoms with Crippen molar-refractivity contribution in [2.45, 2.75) is 28.2 Å². The maximum atomic E-state index is 12.8. The highest BCUT2D eigenvalue weighted by atomic mass is 32.2. The van der Waals surface area contributed by atoms with Gasteiger partial charge >= 0.3 is 0 Å².